The number of Topliss-reactive ketones (excluding diaryl/α,β-unsaturated/α-hetero) is 1. The third-order valence-electron chi connectivity index (χ3n) is 3.87. The number of morpholine rings is 1. The van der Waals surface area contributed by atoms with E-state index in [0.717, 1.165) is 24.1 Å². The number of nitrogens with zero attached hydrogens (tertiary/aromatic N) is 2. The van der Waals surface area contributed by atoms with E-state index >= 15 is 0 Å². The predicted molar refractivity (Wildman–Crippen MR) is 81.5 cm³/mol. The Morgan fingerprint density at radius 1 is 1.45 bits per heavy atom. The Balaban J connectivity index is 2.13. The van der Waals surface area contributed by atoms with E-state index in [4.69, 9.17) is 15.6 Å². The van der Waals surface area contributed by atoms with E-state index in [1.165, 1.54) is 6.92 Å². The molecule has 3 N–H and O–H groups in total. The van der Waals surface area contributed by atoms with Crippen LogP contribution in [0.2, 0.25) is 0 Å². The highest BCUT2D eigenvalue weighted by atomic mass is 16.5. The molecule has 122 valence electrons. The van der Waals surface area contributed by atoms with Gasteiger partial charge in [0.2, 0.25) is 0 Å². The number of aliphatic hydroxyl groups is 1. The van der Waals surface area contributed by atoms with Gasteiger partial charge in [-0.2, -0.15) is 0 Å². The highest BCUT2D eigenvalue weighted by Crippen LogP contribution is 2.24. The number of carbonyl (C=O) groups excluding carboxylic acids is 2. The predicted octanol–water partition coefficient (Wildman–Crippen LogP) is -0.367. The maximum atomic E-state index is 12.5. The van der Waals surface area contributed by atoms with E-state index < -0.39 is 0 Å². The van der Waals surface area contributed by atoms with Gasteiger partial charge in [0.15, 0.2) is 5.78 Å². The molecular weight excluding hydrogens is 286 g/mol. The van der Waals surface area contributed by atoms with Gasteiger partial charge >= 0.3 is 0 Å². The summed E-state index contributed by atoms with van der Waals surface area (Å²) in [5.74, 6) is -0.253. The van der Waals surface area contributed by atoms with Crippen molar-refractivity contribution in [2.45, 2.75) is 32.3 Å². The van der Waals surface area contributed by atoms with Crippen LogP contribution in [0.25, 0.3) is 0 Å². The summed E-state index contributed by atoms with van der Waals surface area (Å²) in [5.41, 5.74) is 7.80. The average Bonchev–Trinajstić information content (AvgIpc) is 3.00. The van der Waals surface area contributed by atoms with Gasteiger partial charge in [0, 0.05) is 24.4 Å². The van der Waals surface area contributed by atoms with Crippen molar-refractivity contribution in [1.29, 1.82) is 0 Å². The van der Waals surface area contributed by atoms with Gasteiger partial charge in [-0.3, -0.25) is 14.6 Å². The van der Waals surface area contributed by atoms with Crippen LogP contribution in [0.5, 0.6) is 0 Å². The minimum absolute atomic E-state index is 0.0115. The number of aliphatic imine (C=N–C) groups is 1. The Morgan fingerprint density at radius 2 is 2.23 bits per heavy atom. The second kappa shape index (κ2) is 7.51. The zero-order valence-electron chi connectivity index (χ0n) is 12.9. The number of nitrogens with two attached hydrogens (primary N) is 1. The van der Waals surface area contributed by atoms with Gasteiger partial charge in [0.1, 0.15) is 5.70 Å². The molecule has 22 heavy (non-hydrogen) atoms. The first-order valence-corrected chi connectivity index (χ1v) is 7.56. The smallest absolute Gasteiger partial charge is 0.270 e. The molecule has 0 aromatic carbocycles. The molecule has 1 unspecified atom stereocenters. The molecule has 1 aliphatic heterocycles. The van der Waals surface area contributed by atoms with Crippen LogP contribution < -0.4 is 5.73 Å². The fourth-order valence-electron chi connectivity index (χ4n) is 2.71. The van der Waals surface area contributed by atoms with Crippen molar-refractivity contribution in [3.8, 4) is 0 Å². The quantitative estimate of drug-likeness (QED) is 0.690. The summed E-state index contributed by atoms with van der Waals surface area (Å²) < 4.78 is 5.34. The first-order chi connectivity index (χ1) is 10.5. The summed E-state index contributed by atoms with van der Waals surface area (Å²) >= 11 is 0. The highest BCUT2D eigenvalue weighted by molar-refractivity contribution is 6.09. The first kappa shape index (κ1) is 16.6. The fraction of sp³-hybridized carbons (Fsp3) is 0.667. The lowest BCUT2D eigenvalue weighted by atomic mass is 10.1. The van der Waals surface area contributed by atoms with Crippen molar-refractivity contribution in [1.82, 2.24) is 4.90 Å². The molecule has 0 aromatic rings. The number of rotatable bonds is 4. The molecule has 0 spiro atoms. The van der Waals surface area contributed by atoms with Gasteiger partial charge in [-0.1, -0.05) is 0 Å². The Hall–Kier alpha value is -1.73. The molecule has 0 radical (unpaired) electrons. The number of amides is 1. The lowest BCUT2D eigenvalue weighted by molar-refractivity contribution is -0.136. The number of ether oxygens (including phenoxy) is 1. The maximum absolute atomic E-state index is 12.5. The van der Waals surface area contributed by atoms with E-state index in [0.29, 0.717) is 26.1 Å². The standard InChI is InChI=1S/C15H23N3O4/c1-10(20)7-17-13-4-2-3-12(13)14(16)15(21)18-5-6-22-11(8-18)9-19/h11,19H,2-9,16H2,1H3/b14-12-,17-13?. The van der Waals surface area contributed by atoms with E-state index in [1.54, 1.807) is 4.90 Å². The first-order valence-electron chi connectivity index (χ1n) is 7.56. The summed E-state index contributed by atoms with van der Waals surface area (Å²) in [6, 6.07) is 0. The van der Waals surface area contributed by atoms with Crippen LogP contribution in [-0.4, -0.2) is 66.4 Å². The molecule has 1 aliphatic carbocycles. The van der Waals surface area contributed by atoms with Crippen molar-refractivity contribution >= 4 is 17.4 Å². The molecule has 2 fully saturated rings. The van der Waals surface area contributed by atoms with Crippen LogP contribution in [0, 0.1) is 0 Å². The van der Waals surface area contributed by atoms with Crippen LogP contribution in [0.3, 0.4) is 0 Å². The SMILES string of the molecule is CC(=O)CN=C1CCC/C1=C(/N)C(=O)N1CCOC(CO)C1. The molecule has 7 heteroatoms. The largest absolute Gasteiger partial charge is 0.394 e. The van der Waals surface area contributed by atoms with Crippen LogP contribution in [0.1, 0.15) is 26.2 Å². The molecule has 2 aliphatic rings. The lowest BCUT2D eigenvalue weighted by Gasteiger charge is -2.32. The number of ketones is 1. The molecule has 1 atom stereocenters. The van der Waals surface area contributed by atoms with Gasteiger partial charge < -0.3 is 20.5 Å². The van der Waals surface area contributed by atoms with Gasteiger partial charge in [0.25, 0.3) is 5.91 Å². The van der Waals surface area contributed by atoms with E-state index in [-0.39, 0.29) is 36.6 Å². The number of hydrogen-bond donors (Lipinski definition) is 2. The molecule has 1 saturated carbocycles. The second-order valence-corrected chi connectivity index (χ2v) is 5.64. The summed E-state index contributed by atoms with van der Waals surface area (Å²) in [6.07, 6.45) is 1.99. The topological polar surface area (TPSA) is 105 Å². The number of aliphatic hydroxyl groups excluding tert-OH is 1. The Kier molecular flexibility index (Phi) is 5.68. The van der Waals surface area contributed by atoms with E-state index in [2.05, 4.69) is 4.99 Å². The van der Waals surface area contributed by atoms with Gasteiger partial charge in [-0.15, -0.1) is 0 Å². The van der Waals surface area contributed by atoms with Crippen LogP contribution in [0.15, 0.2) is 16.3 Å². The summed E-state index contributed by atoms with van der Waals surface area (Å²) in [6.45, 7) is 2.69. The molecule has 1 heterocycles. The third-order valence-corrected chi connectivity index (χ3v) is 3.87. The third kappa shape index (κ3) is 3.92. The molecule has 0 bridgehead atoms. The van der Waals surface area contributed by atoms with Gasteiger partial charge in [-0.05, 0) is 26.2 Å². The van der Waals surface area contributed by atoms with Crippen LogP contribution >= 0.6 is 0 Å². The molecule has 2 rings (SSSR count). The lowest BCUT2D eigenvalue weighted by Crippen LogP contribution is -2.48. The molecule has 1 amide bonds. The van der Waals surface area contributed by atoms with E-state index in [1.807, 2.05) is 0 Å². The monoisotopic (exact) mass is 309 g/mol. The minimum atomic E-state index is -0.357. The maximum Gasteiger partial charge on any atom is 0.270 e. The number of hydrogen-bond acceptors (Lipinski definition) is 6. The minimum Gasteiger partial charge on any atom is -0.394 e. The molecule has 7 nitrogen and oxygen atoms in total. The zero-order chi connectivity index (χ0) is 16.1. The Labute approximate surface area is 129 Å². The Bertz CT molecular complexity index is 513. The summed E-state index contributed by atoms with van der Waals surface area (Å²) in [5, 5.41) is 9.15. The van der Waals surface area contributed by atoms with Crippen molar-refractivity contribution in [2.75, 3.05) is 32.8 Å². The Morgan fingerprint density at radius 3 is 2.91 bits per heavy atom. The second-order valence-electron chi connectivity index (χ2n) is 5.64. The summed E-state index contributed by atoms with van der Waals surface area (Å²) in [7, 11) is 0. The fourth-order valence-corrected chi connectivity index (χ4v) is 2.71. The number of allylic oxidation sites excluding steroid dienone is 1. The van der Waals surface area contributed by atoms with Gasteiger partial charge in [0.05, 0.1) is 25.9 Å². The van der Waals surface area contributed by atoms with Crippen LogP contribution in [0.4, 0.5) is 0 Å². The summed E-state index contributed by atoms with van der Waals surface area (Å²) in [4.78, 5) is 29.5. The molecule has 0 aromatic heterocycles. The van der Waals surface area contributed by atoms with Crippen LogP contribution in [-0.2, 0) is 14.3 Å². The van der Waals surface area contributed by atoms with Gasteiger partial charge in [-0.25, -0.2) is 0 Å². The van der Waals surface area contributed by atoms with E-state index in [9.17, 15) is 9.59 Å². The molecule has 1 saturated heterocycles. The highest BCUT2D eigenvalue weighted by Gasteiger charge is 2.28. The van der Waals surface area contributed by atoms with Crippen molar-refractivity contribution < 1.29 is 19.4 Å². The van der Waals surface area contributed by atoms with Crippen molar-refractivity contribution in [2.24, 2.45) is 10.7 Å². The number of carbonyl (C=O) groups is 2. The average molecular weight is 309 g/mol. The molecular formula is C15H23N3O4. The normalized spacial score (nSPS) is 26.4. The van der Waals surface area contributed by atoms with Crippen molar-refractivity contribution in [3.63, 3.8) is 0 Å². The zero-order valence-corrected chi connectivity index (χ0v) is 12.9. The van der Waals surface area contributed by atoms with Crippen molar-refractivity contribution in [3.05, 3.63) is 11.3 Å².